The standard InChI is InChI=1S/C23H18N4O2S/c1-14-6-8-16(9-7-14)21-24-23(26-25-21)30-19-13-20(28)27(22(19)29)18-11-10-15-4-2-3-5-17(15)12-18/h2-12,19H,13H2,1H3,(H,24,25,26)/t19-/m0/s1. The zero-order valence-electron chi connectivity index (χ0n) is 16.2. The second-order valence-corrected chi connectivity index (χ2v) is 8.41. The summed E-state index contributed by atoms with van der Waals surface area (Å²) in [6.45, 7) is 2.02. The smallest absolute Gasteiger partial charge is 0.247 e. The largest absolute Gasteiger partial charge is 0.274 e. The Balaban J connectivity index is 1.36. The van der Waals surface area contributed by atoms with Crippen molar-refractivity contribution in [3.05, 3.63) is 72.3 Å². The summed E-state index contributed by atoms with van der Waals surface area (Å²) in [5.41, 5.74) is 2.69. The zero-order valence-corrected chi connectivity index (χ0v) is 17.0. The number of nitrogens with zero attached hydrogens (tertiary/aromatic N) is 3. The molecular weight excluding hydrogens is 396 g/mol. The Morgan fingerprint density at radius 3 is 2.57 bits per heavy atom. The number of rotatable bonds is 4. The van der Waals surface area contributed by atoms with Crippen molar-refractivity contribution in [2.75, 3.05) is 4.90 Å². The highest BCUT2D eigenvalue weighted by molar-refractivity contribution is 8.00. The minimum Gasteiger partial charge on any atom is -0.274 e. The number of hydrogen-bond donors (Lipinski definition) is 1. The molecule has 0 unspecified atom stereocenters. The lowest BCUT2D eigenvalue weighted by atomic mass is 10.1. The fourth-order valence-electron chi connectivity index (χ4n) is 3.55. The maximum Gasteiger partial charge on any atom is 0.247 e. The number of benzene rings is 3. The van der Waals surface area contributed by atoms with Crippen molar-refractivity contribution in [3.8, 4) is 11.4 Å². The Kier molecular flexibility index (Phi) is 4.59. The number of fused-ring (bicyclic) bond motifs is 1. The van der Waals surface area contributed by atoms with E-state index < -0.39 is 5.25 Å². The monoisotopic (exact) mass is 414 g/mol. The minimum atomic E-state index is -0.536. The molecule has 1 aliphatic rings. The quantitative estimate of drug-likeness (QED) is 0.502. The molecule has 30 heavy (non-hydrogen) atoms. The van der Waals surface area contributed by atoms with Crippen LogP contribution >= 0.6 is 11.8 Å². The van der Waals surface area contributed by atoms with E-state index in [-0.39, 0.29) is 18.2 Å². The minimum absolute atomic E-state index is 0.130. The Labute approximate surface area is 177 Å². The van der Waals surface area contributed by atoms with Gasteiger partial charge >= 0.3 is 0 Å². The number of carbonyl (C=O) groups excluding carboxylic acids is 2. The molecular formula is C23H18N4O2S. The van der Waals surface area contributed by atoms with Crippen molar-refractivity contribution in [1.29, 1.82) is 0 Å². The van der Waals surface area contributed by atoms with Crippen LogP contribution in [0.2, 0.25) is 0 Å². The highest BCUT2D eigenvalue weighted by atomic mass is 32.2. The summed E-state index contributed by atoms with van der Waals surface area (Å²) in [4.78, 5) is 31.4. The van der Waals surface area contributed by atoms with Gasteiger partial charge in [0, 0.05) is 12.0 Å². The number of H-pyrrole nitrogens is 1. The summed E-state index contributed by atoms with van der Waals surface area (Å²) in [7, 11) is 0. The van der Waals surface area contributed by atoms with Gasteiger partial charge in [0.1, 0.15) is 5.25 Å². The van der Waals surface area contributed by atoms with Gasteiger partial charge < -0.3 is 0 Å². The van der Waals surface area contributed by atoms with Crippen molar-refractivity contribution < 1.29 is 9.59 Å². The Morgan fingerprint density at radius 2 is 1.77 bits per heavy atom. The van der Waals surface area contributed by atoms with Crippen LogP contribution in [0.4, 0.5) is 5.69 Å². The molecule has 2 amide bonds. The molecule has 0 radical (unpaired) electrons. The molecule has 0 aliphatic carbocycles. The lowest BCUT2D eigenvalue weighted by Crippen LogP contribution is -2.31. The molecule has 1 saturated heterocycles. The van der Waals surface area contributed by atoms with Crippen LogP contribution in [0.15, 0.2) is 71.9 Å². The lowest BCUT2D eigenvalue weighted by Gasteiger charge is -2.15. The molecule has 1 aliphatic heterocycles. The Bertz CT molecular complexity index is 1270. The van der Waals surface area contributed by atoms with E-state index in [0.29, 0.717) is 16.7 Å². The second-order valence-electron chi connectivity index (χ2n) is 7.24. The van der Waals surface area contributed by atoms with Gasteiger partial charge in [-0.3, -0.25) is 14.7 Å². The van der Waals surface area contributed by atoms with E-state index in [1.165, 1.54) is 16.7 Å². The van der Waals surface area contributed by atoms with E-state index in [0.717, 1.165) is 21.9 Å². The van der Waals surface area contributed by atoms with Crippen molar-refractivity contribution >= 4 is 40.0 Å². The first-order chi connectivity index (χ1) is 14.6. The third-order valence-electron chi connectivity index (χ3n) is 5.13. The maximum absolute atomic E-state index is 13.0. The number of imide groups is 1. The first-order valence-electron chi connectivity index (χ1n) is 9.60. The van der Waals surface area contributed by atoms with Gasteiger partial charge in [-0.05, 0) is 29.8 Å². The Hall–Kier alpha value is -3.45. The first-order valence-corrected chi connectivity index (χ1v) is 10.5. The van der Waals surface area contributed by atoms with E-state index in [2.05, 4.69) is 15.2 Å². The highest BCUT2D eigenvalue weighted by Gasteiger charge is 2.40. The van der Waals surface area contributed by atoms with Crippen LogP contribution in [0.25, 0.3) is 22.2 Å². The van der Waals surface area contributed by atoms with Crippen LogP contribution in [0.1, 0.15) is 12.0 Å². The van der Waals surface area contributed by atoms with Gasteiger partial charge in [-0.25, -0.2) is 9.88 Å². The van der Waals surface area contributed by atoms with Crippen LogP contribution < -0.4 is 4.90 Å². The van der Waals surface area contributed by atoms with Crippen LogP contribution in [0.5, 0.6) is 0 Å². The summed E-state index contributed by atoms with van der Waals surface area (Å²) < 4.78 is 0. The second kappa shape index (κ2) is 7.42. The molecule has 0 bridgehead atoms. The number of thioether (sulfide) groups is 1. The molecule has 2 heterocycles. The van der Waals surface area contributed by atoms with Gasteiger partial charge in [-0.15, -0.1) is 5.10 Å². The van der Waals surface area contributed by atoms with Crippen molar-refractivity contribution in [2.24, 2.45) is 0 Å². The molecule has 1 atom stereocenters. The molecule has 148 valence electrons. The van der Waals surface area contributed by atoms with E-state index in [4.69, 9.17) is 0 Å². The van der Waals surface area contributed by atoms with Gasteiger partial charge in [-0.2, -0.15) is 0 Å². The van der Waals surface area contributed by atoms with Crippen LogP contribution in [0.3, 0.4) is 0 Å². The van der Waals surface area contributed by atoms with Crippen LogP contribution in [-0.4, -0.2) is 32.2 Å². The van der Waals surface area contributed by atoms with Crippen LogP contribution in [-0.2, 0) is 9.59 Å². The van der Waals surface area contributed by atoms with Crippen molar-refractivity contribution in [2.45, 2.75) is 23.8 Å². The number of aromatic nitrogens is 3. The molecule has 6 nitrogen and oxygen atoms in total. The van der Waals surface area contributed by atoms with E-state index in [1.54, 1.807) is 0 Å². The van der Waals surface area contributed by atoms with Gasteiger partial charge in [0.25, 0.3) is 0 Å². The third kappa shape index (κ3) is 3.37. The summed E-state index contributed by atoms with van der Waals surface area (Å²) in [6, 6.07) is 21.4. The number of hydrogen-bond acceptors (Lipinski definition) is 5. The lowest BCUT2D eigenvalue weighted by molar-refractivity contribution is -0.121. The normalized spacial score (nSPS) is 16.6. The fourth-order valence-corrected chi connectivity index (χ4v) is 4.48. The van der Waals surface area contributed by atoms with Gasteiger partial charge in [-0.1, -0.05) is 71.9 Å². The summed E-state index contributed by atoms with van der Waals surface area (Å²) >= 11 is 1.22. The molecule has 0 spiro atoms. The molecule has 1 fully saturated rings. The van der Waals surface area contributed by atoms with E-state index in [1.807, 2.05) is 73.7 Å². The van der Waals surface area contributed by atoms with Gasteiger partial charge in [0.2, 0.25) is 17.0 Å². The molecule has 0 saturated carbocycles. The van der Waals surface area contributed by atoms with E-state index in [9.17, 15) is 9.59 Å². The topological polar surface area (TPSA) is 79.0 Å². The molecule has 1 aromatic heterocycles. The fraction of sp³-hybridized carbons (Fsp3) is 0.130. The molecule has 1 N–H and O–H groups in total. The number of nitrogens with one attached hydrogen (secondary N) is 1. The maximum atomic E-state index is 13.0. The molecule has 7 heteroatoms. The SMILES string of the molecule is Cc1ccc(-c2nc(S[C@H]3CC(=O)N(c4ccc5ccccc5c4)C3=O)n[nH]2)cc1. The molecule has 3 aromatic carbocycles. The third-order valence-corrected chi connectivity index (χ3v) is 6.18. The van der Waals surface area contributed by atoms with Gasteiger partial charge in [0.15, 0.2) is 5.82 Å². The number of aryl methyl sites for hydroxylation is 1. The van der Waals surface area contributed by atoms with Crippen molar-refractivity contribution in [1.82, 2.24) is 15.2 Å². The summed E-state index contributed by atoms with van der Waals surface area (Å²) in [5.74, 6) is 0.199. The predicted molar refractivity (Wildman–Crippen MR) is 117 cm³/mol. The van der Waals surface area contributed by atoms with E-state index >= 15 is 0 Å². The number of carbonyl (C=O) groups is 2. The number of amides is 2. The van der Waals surface area contributed by atoms with Crippen molar-refractivity contribution in [3.63, 3.8) is 0 Å². The summed E-state index contributed by atoms with van der Waals surface area (Å²) in [5, 5.41) is 9.11. The molecule has 4 aromatic rings. The van der Waals surface area contributed by atoms with Crippen LogP contribution in [0, 0.1) is 6.92 Å². The van der Waals surface area contributed by atoms with Gasteiger partial charge in [0.05, 0.1) is 5.69 Å². The number of aromatic amines is 1. The zero-order chi connectivity index (χ0) is 20.7. The summed E-state index contributed by atoms with van der Waals surface area (Å²) in [6.07, 6.45) is 0.130. The number of anilines is 1. The highest BCUT2D eigenvalue weighted by Crippen LogP contribution is 2.34. The average Bonchev–Trinajstić information content (AvgIpc) is 3.33. The molecule has 5 rings (SSSR count). The first kappa shape index (κ1) is 18.6. The predicted octanol–water partition coefficient (Wildman–Crippen LogP) is 4.36. The Morgan fingerprint density at radius 1 is 1.00 bits per heavy atom. The average molecular weight is 414 g/mol.